The molecule has 0 saturated heterocycles. The SMILES string of the molecule is Cc1nn(-c2ccccc2)c(C)c1CC(=O)NC1CCC(CO)CC1. The van der Waals surface area contributed by atoms with E-state index in [4.69, 9.17) is 0 Å². The maximum absolute atomic E-state index is 12.5. The zero-order valence-corrected chi connectivity index (χ0v) is 15.0. The van der Waals surface area contributed by atoms with Crippen molar-refractivity contribution in [2.45, 2.75) is 52.0 Å². The van der Waals surface area contributed by atoms with Crippen molar-refractivity contribution in [3.8, 4) is 5.69 Å². The van der Waals surface area contributed by atoms with Crippen molar-refractivity contribution in [1.29, 1.82) is 0 Å². The first-order valence-electron chi connectivity index (χ1n) is 9.09. The number of benzene rings is 1. The second-order valence-electron chi connectivity index (χ2n) is 7.04. The molecule has 0 spiro atoms. The third-order valence-corrected chi connectivity index (χ3v) is 5.25. The van der Waals surface area contributed by atoms with Gasteiger partial charge in [0.1, 0.15) is 0 Å². The van der Waals surface area contributed by atoms with Gasteiger partial charge >= 0.3 is 0 Å². The Hall–Kier alpha value is -2.14. The zero-order chi connectivity index (χ0) is 17.8. The Labute approximate surface area is 149 Å². The lowest BCUT2D eigenvalue weighted by Gasteiger charge is -2.28. The summed E-state index contributed by atoms with van der Waals surface area (Å²) in [5.41, 5.74) is 3.94. The molecule has 3 rings (SSSR count). The van der Waals surface area contributed by atoms with Gasteiger partial charge in [-0.3, -0.25) is 4.79 Å². The minimum atomic E-state index is 0.0614. The molecule has 1 heterocycles. The van der Waals surface area contributed by atoms with Crippen LogP contribution in [0.25, 0.3) is 5.69 Å². The van der Waals surface area contributed by atoms with Crippen LogP contribution in [0.2, 0.25) is 0 Å². The number of nitrogens with zero attached hydrogens (tertiary/aromatic N) is 2. The van der Waals surface area contributed by atoms with E-state index in [1.807, 2.05) is 48.9 Å². The van der Waals surface area contributed by atoms with Gasteiger partial charge in [-0.1, -0.05) is 18.2 Å². The highest BCUT2D eigenvalue weighted by molar-refractivity contribution is 5.79. The van der Waals surface area contributed by atoms with Crippen molar-refractivity contribution in [3.05, 3.63) is 47.3 Å². The number of carbonyl (C=O) groups is 1. The lowest BCUT2D eigenvalue weighted by Crippen LogP contribution is -2.39. The van der Waals surface area contributed by atoms with E-state index in [0.717, 1.165) is 48.3 Å². The Kier molecular flexibility index (Phi) is 5.53. The summed E-state index contributed by atoms with van der Waals surface area (Å²) in [7, 11) is 0. The van der Waals surface area contributed by atoms with Crippen LogP contribution >= 0.6 is 0 Å². The Bertz CT molecular complexity index is 716. The maximum atomic E-state index is 12.5. The van der Waals surface area contributed by atoms with Crippen molar-refractivity contribution in [2.24, 2.45) is 5.92 Å². The summed E-state index contributed by atoms with van der Waals surface area (Å²) >= 11 is 0. The molecule has 5 nitrogen and oxygen atoms in total. The van der Waals surface area contributed by atoms with Gasteiger partial charge in [-0.2, -0.15) is 5.10 Å². The van der Waals surface area contributed by atoms with Crippen LogP contribution in [0.3, 0.4) is 0 Å². The lowest BCUT2D eigenvalue weighted by molar-refractivity contribution is -0.121. The van der Waals surface area contributed by atoms with Crippen LogP contribution in [0, 0.1) is 19.8 Å². The largest absolute Gasteiger partial charge is 0.396 e. The summed E-state index contributed by atoms with van der Waals surface area (Å²) in [5.74, 6) is 0.466. The third-order valence-electron chi connectivity index (χ3n) is 5.25. The summed E-state index contributed by atoms with van der Waals surface area (Å²) in [6, 6.07) is 10.2. The van der Waals surface area contributed by atoms with E-state index < -0.39 is 0 Å². The van der Waals surface area contributed by atoms with Crippen LogP contribution in [0.5, 0.6) is 0 Å². The van der Waals surface area contributed by atoms with Crippen molar-refractivity contribution in [1.82, 2.24) is 15.1 Å². The number of aryl methyl sites for hydroxylation is 1. The highest BCUT2D eigenvalue weighted by Crippen LogP contribution is 2.24. The molecule has 0 unspecified atom stereocenters. The van der Waals surface area contributed by atoms with E-state index >= 15 is 0 Å². The van der Waals surface area contributed by atoms with Gasteiger partial charge in [0, 0.05) is 23.9 Å². The molecule has 2 N–H and O–H groups in total. The molecule has 0 radical (unpaired) electrons. The van der Waals surface area contributed by atoms with E-state index in [1.165, 1.54) is 0 Å². The summed E-state index contributed by atoms with van der Waals surface area (Å²) in [4.78, 5) is 12.5. The normalized spacial score (nSPS) is 20.4. The fourth-order valence-corrected chi connectivity index (χ4v) is 3.68. The molecular formula is C20H27N3O2. The summed E-state index contributed by atoms with van der Waals surface area (Å²) in [6.45, 7) is 4.24. The van der Waals surface area contributed by atoms with Crippen LogP contribution in [-0.4, -0.2) is 33.4 Å². The van der Waals surface area contributed by atoms with Crippen molar-refractivity contribution >= 4 is 5.91 Å². The molecule has 25 heavy (non-hydrogen) atoms. The van der Waals surface area contributed by atoms with Crippen LogP contribution in [0.4, 0.5) is 0 Å². The van der Waals surface area contributed by atoms with E-state index in [0.29, 0.717) is 12.3 Å². The minimum absolute atomic E-state index is 0.0614. The molecule has 1 aliphatic rings. The first-order valence-corrected chi connectivity index (χ1v) is 9.09. The molecule has 0 atom stereocenters. The monoisotopic (exact) mass is 341 g/mol. The number of aliphatic hydroxyl groups excluding tert-OH is 1. The van der Waals surface area contributed by atoms with Gasteiger partial charge in [0.25, 0.3) is 0 Å². The molecule has 5 heteroatoms. The Morgan fingerprint density at radius 1 is 1.20 bits per heavy atom. The average Bonchev–Trinajstić information content (AvgIpc) is 2.91. The molecule has 0 bridgehead atoms. The quantitative estimate of drug-likeness (QED) is 0.879. The predicted molar refractivity (Wildman–Crippen MR) is 97.7 cm³/mol. The Balaban J connectivity index is 1.65. The molecule has 2 aromatic rings. The smallest absolute Gasteiger partial charge is 0.224 e. The summed E-state index contributed by atoms with van der Waals surface area (Å²) in [5, 5.41) is 17.0. The number of carbonyl (C=O) groups excluding carboxylic acids is 1. The summed E-state index contributed by atoms with van der Waals surface area (Å²) < 4.78 is 1.91. The number of hydrogen-bond acceptors (Lipinski definition) is 3. The van der Waals surface area contributed by atoms with Crippen molar-refractivity contribution < 1.29 is 9.90 Å². The molecule has 1 fully saturated rings. The zero-order valence-electron chi connectivity index (χ0n) is 15.0. The first kappa shape index (κ1) is 17.7. The predicted octanol–water partition coefficient (Wildman–Crippen LogP) is 2.70. The van der Waals surface area contributed by atoms with Gasteiger partial charge in [-0.05, 0) is 57.6 Å². The maximum Gasteiger partial charge on any atom is 0.224 e. The Morgan fingerprint density at radius 2 is 1.88 bits per heavy atom. The molecule has 1 aromatic heterocycles. The molecule has 0 aliphatic heterocycles. The van der Waals surface area contributed by atoms with Crippen molar-refractivity contribution in [3.63, 3.8) is 0 Å². The first-order chi connectivity index (χ1) is 12.1. The van der Waals surface area contributed by atoms with Gasteiger partial charge in [0.2, 0.25) is 5.91 Å². The second-order valence-corrected chi connectivity index (χ2v) is 7.04. The van der Waals surface area contributed by atoms with Gasteiger partial charge < -0.3 is 10.4 Å². The molecular weight excluding hydrogens is 314 g/mol. The van der Waals surface area contributed by atoms with Gasteiger partial charge in [-0.15, -0.1) is 0 Å². The average molecular weight is 341 g/mol. The summed E-state index contributed by atoms with van der Waals surface area (Å²) in [6.07, 6.45) is 4.26. The van der Waals surface area contributed by atoms with E-state index in [1.54, 1.807) is 0 Å². The number of nitrogens with one attached hydrogen (secondary N) is 1. The van der Waals surface area contributed by atoms with E-state index in [-0.39, 0.29) is 18.6 Å². The van der Waals surface area contributed by atoms with Crippen LogP contribution in [0.15, 0.2) is 30.3 Å². The van der Waals surface area contributed by atoms with E-state index in [2.05, 4.69) is 10.4 Å². The lowest BCUT2D eigenvalue weighted by atomic mass is 9.86. The number of amides is 1. The number of aliphatic hydroxyl groups is 1. The molecule has 1 amide bonds. The highest BCUT2D eigenvalue weighted by atomic mass is 16.3. The fourth-order valence-electron chi connectivity index (χ4n) is 3.68. The van der Waals surface area contributed by atoms with E-state index in [9.17, 15) is 9.90 Å². The number of para-hydroxylation sites is 1. The Morgan fingerprint density at radius 3 is 2.52 bits per heavy atom. The van der Waals surface area contributed by atoms with Gasteiger partial charge in [-0.25, -0.2) is 4.68 Å². The van der Waals surface area contributed by atoms with Crippen molar-refractivity contribution in [2.75, 3.05) is 6.61 Å². The van der Waals surface area contributed by atoms with Gasteiger partial charge in [0.05, 0.1) is 17.8 Å². The number of aromatic nitrogens is 2. The molecule has 1 aliphatic carbocycles. The molecule has 1 saturated carbocycles. The van der Waals surface area contributed by atoms with Crippen LogP contribution in [0.1, 0.15) is 42.6 Å². The highest BCUT2D eigenvalue weighted by Gasteiger charge is 2.23. The van der Waals surface area contributed by atoms with Crippen LogP contribution < -0.4 is 5.32 Å². The standard InChI is InChI=1S/C20H27N3O2/c1-14-19(15(2)23(22-14)18-6-4-3-5-7-18)12-20(25)21-17-10-8-16(13-24)9-11-17/h3-7,16-17,24H,8-13H2,1-2H3,(H,21,25). The fraction of sp³-hybridized carbons (Fsp3) is 0.500. The molecule has 134 valence electrons. The second kappa shape index (κ2) is 7.83. The van der Waals surface area contributed by atoms with Gasteiger partial charge in [0.15, 0.2) is 0 Å². The topological polar surface area (TPSA) is 67.2 Å². The van der Waals surface area contributed by atoms with Crippen LogP contribution in [-0.2, 0) is 11.2 Å². The third kappa shape index (κ3) is 4.10. The number of rotatable bonds is 5. The number of hydrogen-bond donors (Lipinski definition) is 2. The minimum Gasteiger partial charge on any atom is -0.396 e. The molecule has 1 aromatic carbocycles.